The van der Waals surface area contributed by atoms with E-state index in [1.54, 1.807) is 14.1 Å². The molecule has 0 heterocycles. The van der Waals surface area contributed by atoms with E-state index in [9.17, 15) is 56.2 Å². The quantitative estimate of drug-likeness (QED) is 0.0711. The number of carbonyl (C=O) groups is 2. The van der Waals surface area contributed by atoms with Gasteiger partial charge in [0.1, 0.15) is 22.8 Å². The first-order valence-electron chi connectivity index (χ1n) is 13.1. The van der Waals surface area contributed by atoms with Crippen LogP contribution in [0.5, 0.6) is 0 Å². The Morgan fingerprint density at radius 3 is 1.22 bits per heavy atom. The second-order valence-electron chi connectivity index (χ2n) is 9.95. The monoisotopic (exact) mass is 660 g/mol. The van der Waals surface area contributed by atoms with Crippen molar-refractivity contribution in [2.24, 2.45) is 0 Å². The van der Waals surface area contributed by atoms with Gasteiger partial charge in [0.25, 0.3) is 0 Å². The van der Waals surface area contributed by atoms with E-state index >= 15 is 0 Å². The summed E-state index contributed by atoms with van der Waals surface area (Å²) in [6.07, 6.45) is 6.59. The van der Waals surface area contributed by atoms with Crippen molar-refractivity contribution in [3.05, 3.63) is 113 Å². The Morgan fingerprint density at radius 2 is 0.978 bits per heavy atom. The Hall–Kier alpha value is -5.02. The zero-order valence-electron chi connectivity index (χ0n) is 26.8. The molecule has 0 fully saturated rings. The predicted octanol–water partition coefficient (Wildman–Crippen LogP) is 7.52. The Kier molecular flexibility index (Phi) is 15.6. The van der Waals surface area contributed by atoms with Crippen molar-refractivity contribution in [3.8, 4) is 0 Å². The molecule has 10 nitrogen and oxygen atoms in total. The SMILES string of the molecule is CC(=CN(C)C)C(=O)c1c(F)c(C)c(F)c(F)c1[N+](=O)[O-].CC=C(C)C(=O)c1c(F)c(C)c(F)c(F)c1[N+](=O)[O-].CC=CN(C)C. The molecule has 2 aromatic carbocycles. The minimum atomic E-state index is -1.85. The molecule has 0 aliphatic carbocycles. The molecular weight excluding hydrogens is 626 g/mol. The fourth-order valence-electron chi connectivity index (χ4n) is 3.56. The van der Waals surface area contributed by atoms with Gasteiger partial charge in [0.15, 0.2) is 23.2 Å². The first kappa shape index (κ1) is 41.0. The van der Waals surface area contributed by atoms with Gasteiger partial charge in [0.2, 0.25) is 11.6 Å². The van der Waals surface area contributed by atoms with E-state index in [2.05, 4.69) is 0 Å². The Balaban J connectivity index is 0.000000751. The molecule has 0 aromatic heterocycles. The summed E-state index contributed by atoms with van der Waals surface area (Å²) in [6, 6.07) is 0. The van der Waals surface area contributed by atoms with E-state index in [1.807, 2.05) is 38.2 Å². The van der Waals surface area contributed by atoms with Gasteiger partial charge in [-0.2, -0.15) is 8.78 Å². The molecule has 46 heavy (non-hydrogen) atoms. The Bertz CT molecular complexity index is 1620. The molecule has 0 unspecified atom stereocenters. The van der Waals surface area contributed by atoms with Gasteiger partial charge in [-0.15, -0.1) is 0 Å². The average Bonchev–Trinajstić information content (AvgIpc) is 2.96. The molecular formula is C30H34F6N4O6. The van der Waals surface area contributed by atoms with Crippen LogP contribution in [0.1, 0.15) is 59.5 Å². The number of carbonyl (C=O) groups excluding carboxylic acids is 2. The van der Waals surface area contributed by atoms with E-state index in [1.165, 1.54) is 37.9 Å². The minimum Gasteiger partial charge on any atom is -0.384 e. The third-order valence-electron chi connectivity index (χ3n) is 5.90. The van der Waals surface area contributed by atoms with E-state index in [-0.39, 0.29) is 11.1 Å². The molecule has 0 aliphatic heterocycles. The van der Waals surface area contributed by atoms with Crippen LogP contribution in [-0.2, 0) is 0 Å². The number of hydrogen-bond acceptors (Lipinski definition) is 8. The lowest BCUT2D eigenvalue weighted by Crippen LogP contribution is -2.15. The molecule has 0 saturated heterocycles. The van der Waals surface area contributed by atoms with Crippen LogP contribution in [0.25, 0.3) is 0 Å². The highest BCUT2D eigenvalue weighted by molar-refractivity contribution is 6.11. The largest absolute Gasteiger partial charge is 0.384 e. The van der Waals surface area contributed by atoms with Crippen LogP contribution < -0.4 is 0 Å². The fraction of sp³-hybridized carbons (Fsp3) is 0.333. The first-order chi connectivity index (χ1) is 21.1. The standard InChI is InChI=1S/C13H13F3N2O3.C12H10F3NO3.C5H11N/c1-6(5-17(3)4)13(19)8-9(14)7(2)10(15)11(16)12(8)18(20)21;1-4-5(2)12(17)7-8(13)6(3)9(14)10(15)11(7)16(18)19;1-4-5-6(2)3/h5H,1-4H3;4H,1-3H3;4-5H,1-3H3. The maximum absolute atomic E-state index is 14.0. The van der Waals surface area contributed by atoms with Crippen molar-refractivity contribution < 1.29 is 45.8 Å². The van der Waals surface area contributed by atoms with Crippen LogP contribution in [0.4, 0.5) is 37.7 Å². The van der Waals surface area contributed by atoms with Gasteiger partial charge in [-0.05, 0) is 53.3 Å². The summed E-state index contributed by atoms with van der Waals surface area (Å²) in [6.45, 7) is 7.85. The summed E-state index contributed by atoms with van der Waals surface area (Å²) < 4.78 is 81.8. The summed E-state index contributed by atoms with van der Waals surface area (Å²) in [5.74, 6) is -12.0. The van der Waals surface area contributed by atoms with Crippen LogP contribution in [0.3, 0.4) is 0 Å². The Labute approximate surface area is 261 Å². The molecule has 2 rings (SSSR count). The number of rotatable bonds is 8. The molecule has 0 aliphatic rings. The molecule has 16 heteroatoms. The summed E-state index contributed by atoms with van der Waals surface area (Å²) in [7, 11) is 7.16. The zero-order valence-corrected chi connectivity index (χ0v) is 26.8. The molecule has 0 saturated carbocycles. The third kappa shape index (κ3) is 9.74. The van der Waals surface area contributed by atoms with Crippen molar-refractivity contribution in [3.63, 3.8) is 0 Å². The van der Waals surface area contributed by atoms with Crippen LogP contribution in [-0.4, -0.2) is 59.4 Å². The molecule has 0 spiro atoms. The maximum Gasteiger partial charge on any atom is 0.321 e. The summed E-state index contributed by atoms with van der Waals surface area (Å²) in [5.41, 5.74) is -6.71. The van der Waals surface area contributed by atoms with E-state index in [0.29, 0.717) is 0 Å². The minimum absolute atomic E-state index is 0.00703. The third-order valence-corrected chi connectivity index (χ3v) is 5.90. The number of nitro benzene ring substituents is 2. The lowest BCUT2D eigenvalue weighted by molar-refractivity contribution is -0.388. The van der Waals surface area contributed by atoms with Crippen LogP contribution in [0.2, 0.25) is 0 Å². The van der Waals surface area contributed by atoms with Gasteiger partial charge in [-0.1, -0.05) is 12.2 Å². The van der Waals surface area contributed by atoms with Crippen molar-refractivity contribution in [1.82, 2.24) is 9.80 Å². The van der Waals surface area contributed by atoms with Gasteiger partial charge in [-0.25, -0.2) is 17.6 Å². The molecule has 0 amide bonds. The van der Waals surface area contributed by atoms with Crippen LogP contribution >= 0.6 is 0 Å². The van der Waals surface area contributed by atoms with E-state index in [0.717, 1.165) is 13.8 Å². The van der Waals surface area contributed by atoms with Gasteiger partial charge in [-0.3, -0.25) is 29.8 Å². The maximum atomic E-state index is 14.0. The molecule has 0 radical (unpaired) electrons. The van der Waals surface area contributed by atoms with Gasteiger partial charge >= 0.3 is 11.4 Å². The van der Waals surface area contributed by atoms with Crippen LogP contribution in [0, 0.1) is 69.0 Å². The average molecular weight is 661 g/mol. The number of halogens is 6. The normalized spacial score (nSPS) is 11.3. The molecule has 0 bridgehead atoms. The second-order valence-corrected chi connectivity index (χ2v) is 9.95. The van der Waals surface area contributed by atoms with Crippen molar-refractivity contribution in [1.29, 1.82) is 0 Å². The number of allylic oxidation sites excluding steroid dienone is 4. The van der Waals surface area contributed by atoms with E-state index < -0.39 is 89.9 Å². The lowest BCUT2D eigenvalue weighted by Gasteiger charge is -2.11. The lowest BCUT2D eigenvalue weighted by atomic mass is 9.99. The highest BCUT2D eigenvalue weighted by atomic mass is 19.2. The predicted molar refractivity (Wildman–Crippen MR) is 159 cm³/mol. The number of nitro groups is 2. The molecule has 252 valence electrons. The van der Waals surface area contributed by atoms with Gasteiger partial charge in [0, 0.05) is 51.1 Å². The number of benzene rings is 2. The van der Waals surface area contributed by atoms with Crippen molar-refractivity contribution in [2.45, 2.75) is 41.5 Å². The smallest absolute Gasteiger partial charge is 0.321 e. The number of nitrogens with zero attached hydrogens (tertiary/aromatic N) is 4. The van der Waals surface area contributed by atoms with E-state index in [4.69, 9.17) is 0 Å². The topological polar surface area (TPSA) is 127 Å². The molecule has 2 aromatic rings. The Morgan fingerprint density at radius 1 is 0.630 bits per heavy atom. The number of Topliss-reactive ketones (excluding diaryl/α,β-unsaturated/α-hetero) is 2. The summed E-state index contributed by atoms with van der Waals surface area (Å²) in [5, 5.41) is 21.6. The summed E-state index contributed by atoms with van der Waals surface area (Å²) >= 11 is 0. The zero-order chi connectivity index (χ0) is 36.4. The molecule has 0 N–H and O–H groups in total. The van der Waals surface area contributed by atoms with Gasteiger partial charge in [0.05, 0.1) is 9.85 Å². The molecule has 0 atom stereocenters. The van der Waals surface area contributed by atoms with Gasteiger partial charge < -0.3 is 9.80 Å². The van der Waals surface area contributed by atoms with Crippen molar-refractivity contribution >= 4 is 22.9 Å². The first-order valence-corrected chi connectivity index (χ1v) is 13.1. The summed E-state index contributed by atoms with van der Waals surface area (Å²) in [4.78, 5) is 46.4. The van der Waals surface area contributed by atoms with Crippen molar-refractivity contribution in [2.75, 3.05) is 28.2 Å². The second kappa shape index (κ2) is 17.5. The van der Waals surface area contributed by atoms with Crippen LogP contribution in [0.15, 0.2) is 35.7 Å². The fourth-order valence-corrected chi connectivity index (χ4v) is 3.56. The highest BCUT2D eigenvalue weighted by Crippen LogP contribution is 2.33. The highest BCUT2D eigenvalue weighted by Gasteiger charge is 2.36. The number of hydrogen-bond donors (Lipinski definition) is 0. The number of ketones is 2.